The van der Waals surface area contributed by atoms with E-state index < -0.39 is 0 Å². The van der Waals surface area contributed by atoms with Crippen LogP contribution in [0.2, 0.25) is 0 Å². The van der Waals surface area contributed by atoms with Gasteiger partial charge in [-0.15, -0.1) is 0 Å². The molecule has 3 aromatic rings. The van der Waals surface area contributed by atoms with E-state index in [-0.39, 0.29) is 30.1 Å². The topological polar surface area (TPSA) is 100 Å². The summed E-state index contributed by atoms with van der Waals surface area (Å²) in [5.74, 6) is 0.556. The Balaban J connectivity index is 1.36. The molecule has 9 heteroatoms. The second-order valence-corrected chi connectivity index (χ2v) is 9.24. The number of hydrogen-bond acceptors (Lipinski definition) is 6. The van der Waals surface area contributed by atoms with Gasteiger partial charge >= 0.3 is 0 Å². The molecule has 2 aromatic carbocycles. The third kappa shape index (κ3) is 6.51. The van der Waals surface area contributed by atoms with E-state index in [1.54, 1.807) is 36.4 Å². The van der Waals surface area contributed by atoms with Gasteiger partial charge in [-0.05, 0) is 61.7 Å². The fourth-order valence-corrected chi connectivity index (χ4v) is 4.09. The van der Waals surface area contributed by atoms with Crippen LogP contribution in [0.25, 0.3) is 11.4 Å². The number of carbonyl (C=O) groups excluding carboxylic acids is 2. The van der Waals surface area contributed by atoms with E-state index in [0.717, 1.165) is 19.4 Å². The average Bonchev–Trinajstić information content (AvgIpc) is 3.34. The van der Waals surface area contributed by atoms with Crippen molar-refractivity contribution in [2.45, 2.75) is 32.6 Å². The number of anilines is 1. The Morgan fingerprint density at radius 1 is 1.17 bits per heavy atom. The molecule has 0 aliphatic carbocycles. The normalized spacial score (nSPS) is 16.3. The van der Waals surface area contributed by atoms with Gasteiger partial charge in [0.2, 0.25) is 17.6 Å². The minimum atomic E-state index is -0.322. The average molecular weight is 480 g/mol. The number of carbonyl (C=O) groups is 2. The van der Waals surface area contributed by atoms with Gasteiger partial charge in [-0.1, -0.05) is 31.1 Å². The highest BCUT2D eigenvalue weighted by molar-refractivity contribution is 6.04. The van der Waals surface area contributed by atoms with Crippen molar-refractivity contribution < 1.29 is 18.5 Å². The number of para-hydroxylation sites is 1. The van der Waals surface area contributed by atoms with Crippen molar-refractivity contribution in [1.82, 2.24) is 20.4 Å². The molecule has 4 rings (SSSR count). The van der Waals surface area contributed by atoms with E-state index in [1.807, 2.05) is 18.7 Å². The Morgan fingerprint density at radius 3 is 2.71 bits per heavy atom. The maximum absolute atomic E-state index is 13.2. The first-order valence-electron chi connectivity index (χ1n) is 11.9. The van der Waals surface area contributed by atoms with Gasteiger partial charge < -0.3 is 15.2 Å². The third-order valence-corrected chi connectivity index (χ3v) is 5.88. The minimum absolute atomic E-state index is 0.00680. The number of halogens is 1. The Bertz CT molecular complexity index is 1160. The Morgan fingerprint density at radius 2 is 1.94 bits per heavy atom. The predicted octanol–water partition coefficient (Wildman–Crippen LogP) is 4.08. The van der Waals surface area contributed by atoms with Crippen LogP contribution < -0.4 is 10.6 Å². The second kappa shape index (κ2) is 11.2. The molecule has 0 saturated carbocycles. The van der Waals surface area contributed by atoms with Gasteiger partial charge in [0.05, 0.1) is 23.7 Å². The fraction of sp³-hybridized carbons (Fsp3) is 0.385. The number of rotatable bonds is 8. The number of nitrogens with zero attached hydrogens (tertiary/aromatic N) is 3. The summed E-state index contributed by atoms with van der Waals surface area (Å²) in [6.45, 7) is 6.19. The maximum Gasteiger partial charge on any atom is 0.253 e. The molecule has 2 heterocycles. The van der Waals surface area contributed by atoms with Gasteiger partial charge in [0.15, 0.2) is 0 Å². The fourth-order valence-electron chi connectivity index (χ4n) is 4.09. The van der Waals surface area contributed by atoms with Crippen LogP contribution in [-0.2, 0) is 4.79 Å². The van der Waals surface area contributed by atoms with Crippen molar-refractivity contribution in [3.05, 3.63) is 65.8 Å². The van der Waals surface area contributed by atoms with Crippen molar-refractivity contribution >= 4 is 17.5 Å². The van der Waals surface area contributed by atoms with E-state index in [9.17, 15) is 14.0 Å². The van der Waals surface area contributed by atoms with E-state index in [0.29, 0.717) is 47.5 Å². The minimum Gasteiger partial charge on any atom is -0.352 e. The third-order valence-electron chi connectivity index (χ3n) is 5.88. The molecule has 8 nitrogen and oxygen atoms in total. The van der Waals surface area contributed by atoms with Gasteiger partial charge in [-0.2, -0.15) is 4.98 Å². The van der Waals surface area contributed by atoms with Crippen LogP contribution in [0.15, 0.2) is 53.1 Å². The first kappa shape index (κ1) is 24.5. The number of aromatic nitrogens is 2. The van der Waals surface area contributed by atoms with E-state index >= 15 is 0 Å². The van der Waals surface area contributed by atoms with Crippen LogP contribution in [0.4, 0.5) is 10.1 Å². The van der Waals surface area contributed by atoms with Gasteiger partial charge in [-0.25, -0.2) is 4.39 Å². The smallest absolute Gasteiger partial charge is 0.253 e. The number of benzene rings is 2. The zero-order valence-corrected chi connectivity index (χ0v) is 20.0. The molecule has 2 amide bonds. The van der Waals surface area contributed by atoms with E-state index in [1.165, 1.54) is 12.1 Å². The molecular weight excluding hydrogens is 449 g/mol. The second-order valence-electron chi connectivity index (χ2n) is 9.24. The summed E-state index contributed by atoms with van der Waals surface area (Å²) < 4.78 is 18.7. The molecule has 2 N–H and O–H groups in total. The molecular formula is C26H30FN5O3. The number of nitrogens with one attached hydrogen (secondary N) is 2. The highest BCUT2D eigenvalue weighted by Gasteiger charge is 2.27. The molecule has 35 heavy (non-hydrogen) atoms. The molecule has 1 unspecified atom stereocenters. The van der Waals surface area contributed by atoms with Crippen LogP contribution in [0.3, 0.4) is 0 Å². The highest BCUT2D eigenvalue weighted by atomic mass is 19.1. The summed E-state index contributed by atoms with van der Waals surface area (Å²) in [5, 5.41) is 9.82. The Labute approximate surface area is 203 Å². The number of piperidine rings is 1. The predicted molar refractivity (Wildman–Crippen MR) is 130 cm³/mol. The van der Waals surface area contributed by atoms with Crippen molar-refractivity contribution in [3.63, 3.8) is 0 Å². The van der Waals surface area contributed by atoms with Crippen molar-refractivity contribution in [3.8, 4) is 11.4 Å². The molecule has 1 saturated heterocycles. The quantitative estimate of drug-likeness (QED) is 0.505. The van der Waals surface area contributed by atoms with Crippen molar-refractivity contribution in [2.75, 3.05) is 31.5 Å². The first-order chi connectivity index (χ1) is 16.9. The molecule has 1 aromatic heterocycles. The number of amides is 2. The molecule has 1 aliphatic heterocycles. The summed E-state index contributed by atoms with van der Waals surface area (Å²) in [6, 6.07) is 13.0. The largest absolute Gasteiger partial charge is 0.352 e. The summed E-state index contributed by atoms with van der Waals surface area (Å²) in [4.78, 5) is 31.9. The summed E-state index contributed by atoms with van der Waals surface area (Å²) in [7, 11) is 0. The SMILES string of the molecule is CC(C)CNC(=O)c1ccccc1NC(=O)CN1CCCC(c2nc(-c3ccc(F)cc3)no2)C1. The lowest BCUT2D eigenvalue weighted by Gasteiger charge is -2.30. The maximum atomic E-state index is 13.2. The van der Waals surface area contributed by atoms with Crippen LogP contribution in [0.5, 0.6) is 0 Å². The molecule has 1 fully saturated rings. The van der Waals surface area contributed by atoms with Gasteiger partial charge in [-0.3, -0.25) is 14.5 Å². The summed E-state index contributed by atoms with van der Waals surface area (Å²) in [6.07, 6.45) is 1.77. The molecule has 0 spiro atoms. The standard InChI is InChI=1S/C26H30FN5O3/c1-17(2)14-28-25(34)21-7-3-4-8-22(21)29-23(33)16-32-13-5-6-19(15-32)26-30-24(31-35-26)18-9-11-20(27)12-10-18/h3-4,7-12,17,19H,5-6,13-16H2,1-2H3,(H,28,34)(H,29,33). The Kier molecular flexibility index (Phi) is 7.87. The molecule has 0 bridgehead atoms. The van der Waals surface area contributed by atoms with E-state index in [2.05, 4.69) is 20.8 Å². The lowest BCUT2D eigenvalue weighted by atomic mass is 9.98. The van der Waals surface area contributed by atoms with Gasteiger partial charge in [0.1, 0.15) is 5.82 Å². The molecule has 0 radical (unpaired) electrons. The van der Waals surface area contributed by atoms with Crippen LogP contribution in [0.1, 0.15) is 48.9 Å². The summed E-state index contributed by atoms with van der Waals surface area (Å²) in [5.41, 5.74) is 1.62. The zero-order chi connectivity index (χ0) is 24.8. The number of likely N-dealkylation sites (tertiary alicyclic amines) is 1. The monoisotopic (exact) mass is 479 g/mol. The van der Waals surface area contributed by atoms with Crippen molar-refractivity contribution in [2.24, 2.45) is 5.92 Å². The molecule has 184 valence electrons. The zero-order valence-electron chi connectivity index (χ0n) is 20.0. The lowest BCUT2D eigenvalue weighted by Crippen LogP contribution is -2.40. The van der Waals surface area contributed by atoms with Crippen LogP contribution in [-0.4, -0.2) is 53.0 Å². The first-order valence-corrected chi connectivity index (χ1v) is 11.9. The van der Waals surface area contributed by atoms with E-state index in [4.69, 9.17) is 4.52 Å². The number of hydrogen-bond donors (Lipinski definition) is 2. The lowest BCUT2D eigenvalue weighted by molar-refractivity contribution is -0.117. The van der Waals surface area contributed by atoms with Gasteiger partial charge in [0, 0.05) is 18.7 Å². The summed E-state index contributed by atoms with van der Waals surface area (Å²) >= 11 is 0. The molecule has 1 aliphatic rings. The van der Waals surface area contributed by atoms with Crippen molar-refractivity contribution in [1.29, 1.82) is 0 Å². The van der Waals surface area contributed by atoms with Crippen LogP contribution >= 0.6 is 0 Å². The van der Waals surface area contributed by atoms with Gasteiger partial charge in [0.25, 0.3) is 5.91 Å². The van der Waals surface area contributed by atoms with Crippen LogP contribution in [0, 0.1) is 11.7 Å². The Hall–Kier alpha value is -3.59. The molecule has 1 atom stereocenters. The highest BCUT2D eigenvalue weighted by Crippen LogP contribution is 2.27.